The van der Waals surface area contributed by atoms with Crippen molar-refractivity contribution in [3.63, 3.8) is 0 Å². The van der Waals surface area contributed by atoms with Crippen LogP contribution >= 0.6 is 11.6 Å². The highest BCUT2D eigenvalue weighted by Gasteiger charge is 2.08. The Labute approximate surface area is 121 Å². The monoisotopic (exact) mass is 285 g/mol. The molecule has 0 aliphatic heterocycles. The van der Waals surface area contributed by atoms with Crippen molar-refractivity contribution in [2.45, 2.75) is 6.54 Å². The third kappa shape index (κ3) is 2.43. The first-order valence-corrected chi connectivity index (χ1v) is 6.51. The summed E-state index contributed by atoms with van der Waals surface area (Å²) in [7, 11) is 0. The first kappa shape index (κ1) is 12.8. The standard InChI is InChI=1S/C15H12ClN3O/c16-11-5-12(9-18-8-11)20-15-14-4-2-1-3-13(14)10(6-17)7-19-15/h1-5,7-9H,6,17H2. The Kier molecular flexibility index (Phi) is 3.50. The molecule has 0 saturated carbocycles. The molecule has 5 heteroatoms. The van der Waals surface area contributed by atoms with Gasteiger partial charge in [-0.15, -0.1) is 0 Å². The average molecular weight is 286 g/mol. The van der Waals surface area contributed by atoms with Crippen molar-refractivity contribution in [1.82, 2.24) is 9.97 Å². The van der Waals surface area contributed by atoms with Gasteiger partial charge in [0.2, 0.25) is 5.88 Å². The summed E-state index contributed by atoms with van der Waals surface area (Å²) in [4.78, 5) is 8.32. The van der Waals surface area contributed by atoms with E-state index in [1.165, 1.54) is 0 Å². The number of benzene rings is 1. The Morgan fingerprint density at radius 1 is 1.10 bits per heavy atom. The van der Waals surface area contributed by atoms with E-state index >= 15 is 0 Å². The van der Waals surface area contributed by atoms with Crippen LogP contribution in [-0.4, -0.2) is 9.97 Å². The summed E-state index contributed by atoms with van der Waals surface area (Å²) in [5.74, 6) is 1.07. The molecule has 2 heterocycles. The second-order valence-corrected chi connectivity index (χ2v) is 4.72. The van der Waals surface area contributed by atoms with Gasteiger partial charge >= 0.3 is 0 Å². The molecular formula is C15H12ClN3O. The van der Waals surface area contributed by atoms with Crippen LogP contribution in [0.4, 0.5) is 0 Å². The van der Waals surface area contributed by atoms with Gasteiger partial charge in [-0.2, -0.15) is 0 Å². The molecule has 2 N–H and O–H groups in total. The third-order valence-electron chi connectivity index (χ3n) is 2.96. The predicted octanol–water partition coefficient (Wildman–Crippen LogP) is 3.53. The van der Waals surface area contributed by atoms with E-state index in [9.17, 15) is 0 Å². The van der Waals surface area contributed by atoms with Crippen LogP contribution in [0.5, 0.6) is 11.6 Å². The zero-order valence-corrected chi connectivity index (χ0v) is 11.3. The number of nitrogens with two attached hydrogens (primary N) is 1. The minimum absolute atomic E-state index is 0.437. The summed E-state index contributed by atoms with van der Waals surface area (Å²) in [6, 6.07) is 9.55. The molecule has 0 amide bonds. The Balaban J connectivity index is 2.08. The normalized spacial score (nSPS) is 10.7. The van der Waals surface area contributed by atoms with Gasteiger partial charge in [0.25, 0.3) is 0 Å². The summed E-state index contributed by atoms with van der Waals surface area (Å²) in [5.41, 5.74) is 6.71. The van der Waals surface area contributed by atoms with Crippen LogP contribution in [0.15, 0.2) is 48.9 Å². The largest absolute Gasteiger partial charge is 0.437 e. The van der Waals surface area contributed by atoms with E-state index in [2.05, 4.69) is 9.97 Å². The highest BCUT2D eigenvalue weighted by atomic mass is 35.5. The van der Waals surface area contributed by atoms with Crippen molar-refractivity contribution < 1.29 is 4.74 Å². The van der Waals surface area contributed by atoms with Gasteiger partial charge in [0.1, 0.15) is 5.75 Å². The summed E-state index contributed by atoms with van der Waals surface area (Å²) in [6.45, 7) is 0.437. The Morgan fingerprint density at radius 2 is 1.90 bits per heavy atom. The van der Waals surface area contributed by atoms with E-state index in [-0.39, 0.29) is 0 Å². The molecule has 0 spiro atoms. The van der Waals surface area contributed by atoms with Crippen LogP contribution in [-0.2, 0) is 6.54 Å². The average Bonchev–Trinajstić information content (AvgIpc) is 2.48. The molecule has 2 aromatic heterocycles. The number of fused-ring (bicyclic) bond motifs is 1. The zero-order chi connectivity index (χ0) is 13.9. The molecule has 0 unspecified atom stereocenters. The maximum absolute atomic E-state index is 5.90. The molecule has 3 aromatic rings. The number of ether oxygens (including phenoxy) is 1. The lowest BCUT2D eigenvalue weighted by Gasteiger charge is -2.10. The van der Waals surface area contributed by atoms with Crippen LogP contribution in [0.25, 0.3) is 10.8 Å². The minimum Gasteiger partial charge on any atom is -0.437 e. The van der Waals surface area contributed by atoms with Gasteiger partial charge in [0.05, 0.1) is 11.2 Å². The van der Waals surface area contributed by atoms with Crippen molar-refractivity contribution in [1.29, 1.82) is 0 Å². The van der Waals surface area contributed by atoms with Gasteiger partial charge < -0.3 is 10.5 Å². The summed E-state index contributed by atoms with van der Waals surface area (Å²) in [5, 5.41) is 2.47. The second-order valence-electron chi connectivity index (χ2n) is 4.28. The molecule has 0 bridgehead atoms. The number of nitrogens with zero attached hydrogens (tertiary/aromatic N) is 2. The first-order valence-electron chi connectivity index (χ1n) is 6.13. The maximum Gasteiger partial charge on any atom is 0.227 e. The molecule has 20 heavy (non-hydrogen) atoms. The van der Waals surface area contributed by atoms with Crippen molar-refractivity contribution in [3.05, 3.63) is 59.5 Å². The SMILES string of the molecule is NCc1cnc(Oc2cncc(Cl)c2)c2ccccc12. The topological polar surface area (TPSA) is 61.0 Å². The highest BCUT2D eigenvalue weighted by molar-refractivity contribution is 6.30. The number of rotatable bonds is 3. The summed E-state index contributed by atoms with van der Waals surface area (Å²) in [6.07, 6.45) is 4.88. The maximum atomic E-state index is 5.90. The van der Waals surface area contributed by atoms with E-state index in [1.54, 1.807) is 24.7 Å². The van der Waals surface area contributed by atoms with Crippen LogP contribution in [0.3, 0.4) is 0 Å². The van der Waals surface area contributed by atoms with Crippen molar-refractivity contribution in [2.24, 2.45) is 5.73 Å². The molecular weight excluding hydrogens is 274 g/mol. The third-order valence-corrected chi connectivity index (χ3v) is 3.16. The van der Waals surface area contributed by atoms with Crippen LogP contribution in [0.1, 0.15) is 5.56 Å². The molecule has 0 radical (unpaired) electrons. The van der Waals surface area contributed by atoms with Gasteiger partial charge in [-0.25, -0.2) is 4.98 Å². The smallest absolute Gasteiger partial charge is 0.227 e. The molecule has 100 valence electrons. The van der Waals surface area contributed by atoms with Crippen molar-refractivity contribution >= 4 is 22.4 Å². The lowest BCUT2D eigenvalue weighted by molar-refractivity contribution is 0.466. The Morgan fingerprint density at radius 3 is 2.65 bits per heavy atom. The number of pyridine rings is 2. The van der Waals surface area contributed by atoms with E-state index in [0.717, 1.165) is 16.3 Å². The van der Waals surface area contributed by atoms with E-state index in [4.69, 9.17) is 22.1 Å². The number of halogens is 1. The van der Waals surface area contributed by atoms with E-state index in [0.29, 0.717) is 23.2 Å². The van der Waals surface area contributed by atoms with Crippen molar-refractivity contribution in [2.75, 3.05) is 0 Å². The second kappa shape index (κ2) is 5.45. The molecule has 4 nitrogen and oxygen atoms in total. The lowest BCUT2D eigenvalue weighted by atomic mass is 10.1. The Hall–Kier alpha value is -2.17. The number of hydrogen-bond donors (Lipinski definition) is 1. The first-order chi connectivity index (χ1) is 9.78. The zero-order valence-electron chi connectivity index (χ0n) is 10.6. The lowest BCUT2D eigenvalue weighted by Crippen LogP contribution is -1.99. The van der Waals surface area contributed by atoms with Gasteiger partial charge in [-0.05, 0) is 17.0 Å². The number of hydrogen-bond acceptors (Lipinski definition) is 4. The van der Waals surface area contributed by atoms with E-state index in [1.807, 2.05) is 24.3 Å². The Bertz CT molecular complexity index is 761. The summed E-state index contributed by atoms with van der Waals surface area (Å²) >= 11 is 5.90. The molecule has 0 saturated heterocycles. The summed E-state index contributed by atoms with van der Waals surface area (Å²) < 4.78 is 5.77. The van der Waals surface area contributed by atoms with Gasteiger partial charge in [-0.1, -0.05) is 29.8 Å². The minimum atomic E-state index is 0.437. The molecule has 3 rings (SSSR count). The quantitative estimate of drug-likeness (QED) is 0.799. The number of aromatic nitrogens is 2. The predicted molar refractivity (Wildman–Crippen MR) is 79.0 cm³/mol. The highest BCUT2D eigenvalue weighted by Crippen LogP contribution is 2.30. The van der Waals surface area contributed by atoms with Gasteiger partial charge in [-0.3, -0.25) is 4.98 Å². The molecule has 0 aliphatic carbocycles. The molecule has 0 atom stereocenters. The van der Waals surface area contributed by atoms with Gasteiger partial charge in [0, 0.05) is 30.4 Å². The molecule has 0 fully saturated rings. The fourth-order valence-electron chi connectivity index (χ4n) is 2.03. The fraction of sp³-hybridized carbons (Fsp3) is 0.0667. The molecule has 0 aliphatic rings. The van der Waals surface area contributed by atoms with Gasteiger partial charge in [0.15, 0.2) is 0 Å². The van der Waals surface area contributed by atoms with Crippen LogP contribution in [0.2, 0.25) is 5.02 Å². The fourth-order valence-corrected chi connectivity index (χ4v) is 2.19. The van der Waals surface area contributed by atoms with Crippen LogP contribution in [0, 0.1) is 0 Å². The molecule has 1 aromatic carbocycles. The van der Waals surface area contributed by atoms with Crippen molar-refractivity contribution in [3.8, 4) is 11.6 Å². The van der Waals surface area contributed by atoms with Crippen LogP contribution < -0.4 is 10.5 Å². The van der Waals surface area contributed by atoms with E-state index < -0.39 is 0 Å².